The number of unbranched alkanes of at least 4 members (excludes halogenated alkanes) is 2. The van der Waals surface area contributed by atoms with Crippen LogP contribution in [0, 0.1) is 13.8 Å². The molecule has 1 saturated heterocycles. The van der Waals surface area contributed by atoms with Gasteiger partial charge in [0.2, 0.25) is 0 Å². The number of benzene rings is 1. The number of nitrogens with zero attached hydrogens (tertiary/aromatic N) is 1. The molecule has 0 radical (unpaired) electrons. The van der Waals surface area contributed by atoms with Crippen molar-refractivity contribution in [2.45, 2.75) is 45.8 Å². The van der Waals surface area contributed by atoms with E-state index in [1.54, 1.807) is 0 Å². The summed E-state index contributed by atoms with van der Waals surface area (Å²) in [5, 5.41) is 0. The molecule has 1 spiro atoms. The molecular formula is C17H23NO3. The standard InChI is InChI=1S/C17H23NO3/c1-4-5-6-9-18-15-13(3)8-7-12(2)14(15)17(16(18)19)20-10-11-21-17/h7-8H,4-6,9-11H2,1-3H3. The first-order valence-corrected chi connectivity index (χ1v) is 7.82. The van der Waals surface area contributed by atoms with Gasteiger partial charge in [-0.25, -0.2) is 0 Å². The molecule has 2 aliphatic heterocycles. The Labute approximate surface area is 126 Å². The number of aryl methyl sites for hydroxylation is 2. The Morgan fingerprint density at radius 1 is 1.14 bits per heavy atom. The number of amides is 1. The third kappa shape index (κ3) is 2.09. The van der Waals surface area contributed by atoms with Crippen molar-refractivity contribution in [1.29, 1.82) is 0 Å². The number of ether oxygens (including phenoxy) is 2. The van der Waals surface area contributed by atoms with Crippen molar-refractivity contribution in [3.63, 3.8) is 0 Å². The predicted molar refractivity (Wildman–Crippen MR) is 81.4 cm³/mol. The molecule has 1 fully saturated rings. The monoisotopic (exact) mass is 289 g/mol. The molecule has 2 heterocycles. The first-order valence-electron chi connectivity index (χ1n) is 7.82. The normalized spacial score (nSPS) is 19.6. The molecule has 0 aliphatic carbocycles. The third-order valence-electron chi connectivity index (χ3n) is 4.39. The van der Waals surface area contributed by atoms with Gasteiger partial charge in [-0.15, -0.1) is 0 Å². The van der Waals surface area contributed by atoms with E-state index in [1.807, 2.05) is 24.8 Å². The first kappa shape index (κ1) is 14.5. The van der Waals surface area contributed by atoms with Crippen molar-refractivity contribution in [3.05, 3.63) is 28.8 Å². The highest BCUT2D eigenvalue weighted by Gasteiger charge is 2.57. The van der Waals surface area contributed by atoms with Crippen molar-refractivity contribution < 1.29 is 14.3 Å². The Bertz CT molecular complexity index is 561. The fourth-order valence-electron chi connectivity index (χ4n) is 3.36. The van der Waals surface area contributed by atoms with Crippen LogP contribution in [0.2, 0.25) is 0 Å². The number of fused-ring (bicyclic) bond motifs is 2. The van der Waals surface area contributed by atoms with Crippen molar-refractivity contribution >= 4 is 11.6 Å². The van der Waals surface area contributed by atoms with Crippen molar-refractivity contribution in [1.82, 2.24) is 0 Å². The zero-order valence-corrected chi connectivity index (χ0v) is 13.1. The van der Waals surface area contributed by atoms with Gasteiger partial charge in [0.15, 0.2) is 0 Å². The van der Waals surface area contributed by atoms with Gasteiger partial charge in [0, 0.05) is 12.1 Å². The molecule has 0 aromatic heterocycles. The van der Waals surface area contributed by atoms with Gasteiger partial charge in [-0.1, -0.05) is 31.9 Å². The van der Waals surface area contributed by atoms with E-state index in [0.717, 1.165) is 48.2 Å². The molecule has 2 aliphatic rings. The lowest BCUT2D eigenvalue weighted by atomic mass is 9.98. The van der Waals surface area contributed by atoms with E-state index in [9.17, 15) is 4.79 Å². The van der Waals surface area contributed by atoms with Crippen LogP contribution in [0.4, 0.5) is 5.69 Å². The van der Waals surface area contributed by atoms with Crippen LogP contribution in [-0.4, -0.2) is 25.7 Å². The van der Waals surface area contributed by atoms with Crippen LogP contribution >= 0.6 is 0 Å². The van der Waals surface area contributed by atoms with E-state index in [4.69, 9.17) is 9.47 Å². The quantitative estimate of drug-likeness (QED) is 0.800. The fourth-order valence-corrected chi connectivity index (χ4v) is 3.36. The van der Waals surface area contributed by atoms with E-state index in [1.165, 1.54) is 0 Å². The Morgan fingerprint density at radius 3 is 2.48 bits per heavy atom. The average molecular weight is 289 g/mol. The smallest absolute Gasteiger partial charge is 0.292 e. The maximum absolute atomic E-state index is 13.0. The summed E-state index contributed by atoms with van der Waals surface area (Å²) >= 11 is 0. The zero-order valence-electron chi connectivity index (χ0n) is 13.1. The summed E-state index contributed by atoms with van der Waals surface area (Å²) in [6, 6.07) is 4.12. The highest BCUT2D eigenvalue weighted by atomic mass is 16.7. The van der Waals surface area contributed by atoms with Gasteiger partial charge in [-0.3, -0.25) is 4.79 Å². The molecule has 3 rings (SSSR count). The Balaban J connectivity index is 2.06. The molecule has 0 bridgehead atoms. The Hall–Kier alpha value is -1.39. The molecule has 4 heteroatoms. The second-order valence-electron chi connectivity index (χ2n) is 5.90. The Morgan fingerprint density at radius 2 is 1.81 bits per heavy atom. The molecule has 1 amide bonds. The second kappa shape index (κ2) is 5.43. The molecule has 0 atom stereocenters. The minimum absolute atomic E-state index is 0.0523. The lowest BCUT2D eigenvalue weighted by Crippen LogP contribution is -2.41. The molecule has 0 N–H and O–H groups in total. The largest absolute Gasteiger partial charge is 0.336 e. The van der Waals surface area contributed by atoms with E-state index < -0.39 is 5.79 Å². The van der Waals surface area contributed by atoms with E-state index in [-0.39, 0.29) is 5.91 Å². The number of anilines is 1. The van der Waals surface area contributed by atoms with Crippen LogP contribution in [0.15, 0.2) is 12.1 Å². The van der Waals surface area contributed by atoms with Crippen LogP contribution in [0.25, 0.3) is 0 Å². The van der Waals surface area contributed by atoms with Gasteiger partial charge >= 0.3 is 0 Å². The van der Waals surface area contributed by atoms with Crippen molar-refractivity contribution in [3.8, 4) is 0 Å². The van der Waals surface area contributed by atoms with Gasteiger partial charge in [-0.05, 0) is 31.4 Å². The predicted octanol–water partition coefficient (Wildman–Crippen LogP) is 3.04. The van der Waals surface area contributed by atoms with Crippen LogP contribution in [0.3, 0.4) is 0 Å². The lowest BCUT2D eigenvalue weighted by molar-refractivity contribution is -0.180. The van der Waals surface area contributed by atoms with Crippen molar-refractivity contribution in [2.75, 3.05) is 24.7 Å². The second-order valence-corrected chi connectivity index (χ2v) is 5.90. The topological polar surface area (TPSA) is 38.8 Å². The molecule has 114 valence electrons. The fraction of sp³-hybridized carbons (Fsp3) is 0.588. The SMILES string of the molecule is CCCCCN1C(=O)C2(OCCO2)c2c(C)ccc(C)c21. The number of hydrogen-bond acceptors (Lipinski definition) is 3. The molecular weight excluding hydrogens is 266 g/mol. The summed E-state index contributed by atoms with van der Waals surface area (Å²) in [6.07, 6.45) is 3.27. The van der Waals surface area contributed by atoms with Gasteiger partial charge in [0.25, 0.3) is 11.7 Å². The number of carbonyl (C=O) groups is 1. The molecule has 0 saturated carbocycles. The summed E-state index contributed by atoms with van der Waals surface area (Å²) in [4.78, 5) is 14.8. The molecule has 21 heavy (non-hydrogen) atoms. The van der Waals surface area contributed by atoms with Crippen LogP contribution in [-0.2, 0) is 20.1 Å². The van der Waals surface area contributed by atoms with Crippen LogP contribution < -0.4 is 4.90 Å². The van der Waals surface area contributed by atoms with Gasteiger partial charge in [-0.2, -0.15) is 0 Å². The zero-order chi connectivity index (χ0) is 15.0. The summed E-state index contributed by atoms with van der Waals surface area (Å²) < 4.78 is 11.6. The van der Waals surface area contributed by atoms with Gasteiger partial charge < -0.3 is 14.4 Å². The van der Waals surface area contributed by atoms with E-state index >= 15 is 0 Å². The maximum Gasteiger partial charge on any atom is 0.292 e. The summed E-state index contributed by atoms with van der Waals surface area (Å²) in [5.74, 6) is -1.24. The number of carbonyl (C=O) groups excluding carboxylic acids is 1. The minimum atomic E-state index is -1.18. The van der Waals surface area contributed by atoms with Crippen molar-refractivity contribution in [2.24, 2.45) is 0 Å². The van der Waals surface area contributed by atoms with Gasteiger partial charge in [0.1, 0.15) is 0 Å². The molecule has 0 unspecified atom stereocenters. The summed E-state index contributed by atoms with van der Waals surface area (Å²) in [6.45, 7) is 7.92. The van der Waals surface area contributed by atoms with Crippen LogP contribution in [0.1, 0.15) is 42.9 Å². The highest BCUT2D eigenvalue weighted by Crippen LogP contribution is 2.48. The van der Waals surface area contributed by atoms with Gasteiger partial charge in [0.05, 0.1) is 18.9 Å². The number of rotatable bonds is 4. The van der Waals surface area contributed by atoms with Crippen LogP contribution in [0.5, 0.6) is 0 Å². The molecule has 1 aromatic carbocycles. The number of hydrogen-bond donors (Lipinski definition) is 0. The highest BCUT2D eigenvalue weighted by molar-refractivity contribution is 6.07. The molecule has 1 aromatic rings. The Kier molecular flexibility index (Phi) is 3.76. The first-order chi connectivity index (χ1) is 10.1. The summed E-state index contributed by atoms with van der Waals surface area (Å²) in [7, 11) is 0. The van der Waals surface area contributed by atoms with E-state index in [2.05, 4.69) is 13.0 Å². The molecule has 4 nitrogen and oxygen atoms in total. The lowest BCUT2D eigenvalue weighted by Gasteiger charge is -2.22. The third-order valence-corrected chi connectivity index (χ3v) is 4.39. The minimum Gasteiger partial charge on any atom is -0.336 e. The van der Waals surface area contributed by atoms with E-state index in [0.29, 0.717) is 13.2 Å². The average Bonchev–Trinajstić information content (AvgIpc) is 3.04. The summed E-state index contributed by atoms with van der Waals surface area (Å²) in [5.41, 5.74) is 4.08. The maximum atomic E-state index is 13.0.